The summed E-state index contributed by atoms with van der Waals surface area (Å²) < 4.78 is 10.5. The summed E-state index contributed by atoms with van der Waals surface area (Å²) >= 11 is 0. The summed E-state index contributed by atoms with van der Waals surface area (Å²) in [6.45, 7) is 0. The number of carbonyl (C=O) groups excluding carboxylic acids is 2. The summed E-state index contributed by atoms with van der Waals surface area (Å²) in [5.41, 5.74) is 11.8. The van der Waals surface area contributed by atoms with E-state index in [9.17, 15) is 9.59 Å². The lowest BCUT2D eigenvalue weighted by atomic mass is 10.0. The molecule has 3 heterocycles. The van der Waals surface area contributed by atoms with Gasteiger partial charge in [-0.15, -0.1) is 0 Å². The first-order valence-electron chi connectivity index (χ1n) is 9.39. The van der Waals surface area contributed by atoms with Crippen molar-refractivity contribution in [1.82, 2.24) is 4.98 Å². The number of fused-ring (bicyclic) bond motifs is 3. The van der Waals surface area contributed by atoms with Gasteiger partial charge < -0.3 is 14.9 Å². The molecule has 0 saturated heterocycles. The van der Waals surface area contributed by atoms with Crippen LogP contribution in [0.2, 0.25) is 0 Å². The number of carbonyl (C=O) groups is 2. The van der Waals surface area contributed by atoms with Crippen LogP contribution in [0.5, 0.6) is 0 Å². The molecule has 0 radical (unpaired) electrons. The Bertz CT molecular complexity index is 1300. The second kappa shape index (κ2) is 7.06. The van der Waals surface area contributed by atoms with E-state index in [-0.39, 0.29) is 5.56 Å². The first-order valence-corrected chi connectivity index (χ1v) is 9.39. The number of nitrogens with two attached hydrogens (primary N) is 1. The Labute approximate surface area is 176 Å². The van der Waals surface area contributed by atoms with E-state index >= 15 is 0 Å². The molecule has 2 aromatic heterocycles. The third-order valence-corrected chi connectivity index (χ3v) is 4.97. The van der Waals surface area contributed by atoms with Gasteiger partial charge in [-0.3, -0.25) is 5.43 Å². The molecule has 0 atom stereocenters. The Hall–Kier alpha value is -4.53. The molecule has 154 valence electrons. The summed E-state index contributed by atoms with van der Waals surface area (Å²) in [7, 11) is 1.30. The lowest BCUT2D eigenvalue weighted by molar-refractivity contribution is 0.0603. The van der Waals surface area contributed by atoms with Gasteiger partial charge in [0.2, 0.25) is 0 Å². The number of nitrogens with zero attached hydrogens (tertiary/aromatic N) is 3. The van der Waals surface area contributed by atoms with Gasteiger partial charge >= 0.3 is 12.0 Å². The van der Waals surface area contributed by atoms with Crippen molar-refractivity contribution in [2.75, 3.05) is 22.7 Å². The van der Waals surface area contributed by atoms with Gasteiger partial charge in [0, 0.05) is 5.39 Å². The monoisotopic (exact) mass is 415 g/mol. The number of urea groups is 1. The lowest BCUT2D eigenvalue weighted by Gasteiger charge is -2.28. The summed E-state index contributed by atoms with van der Waals surface area (Å²) in [6.07, 6.45) is 1.53. The molecular weight excluding hydrogens is 398 g/mol. The second-order valence-corrected chi connectivity index (χ2v) is 6.79. The average molecular weight is 415 g/mol. The van der Waals surface area contributed by atoms with E-state index in [2.05, 4.69) is 10.4 Å². The van der Waals surface area contributed by atoms with Crippen LogP contribution in [0.3, 0.4) is 0 Å². The third-order valence-electron chi connectivity index (χ3n) is 4.97. The minimum Gasteiger partial charge on any atom is -0.465 e. The number of pyridine rings is 1. The van der Waals surface area contributed by atoms with E-state index in [1.165, 1.54) is 23.5 Å². The Balaban J connectivity index is 1.78. The van der Waals surface area contributed by atoms with Crippen LogP contribution in [0.4, 0.5) is 21.9 Å². The van der Waals surface area contributed by atoms with Gasteiger partial charge in [0.1, 0.15) is 11.4 Å². The predicted molar refractivity (Wildman–Crippen MR) is 115 cm³/mol. The van der Waals surface area contributed by atoms with Crippen molar-refractivity contribution in [2.24, 2.45) is 5.73 Å². The van der Waals surface area contributed by atoms with Gasteiger partial charge in [0.25, 0.3) is 0 Å². The highest BCUT2D eigenvalue weighted by molar-refractivity contribution is 6.17. The molecule has 4 aromatic rings. The fourth-order valence-electron chi connectivity index (χ4n) is 3.66. The number of methoxy groups -OCH3 is 1. The van der Waals surface area contributed by atoms with E-state index in [4.69, 9.17) is 14.9 Å². The van der Waals surface area contributed by atoms with E-state index in [1.807, 2.05) is 30.3 Å². The second-order valence-electron chi connectivity index (χ2n) is 6.79. The van der Waals surface area contributed by atoms with E-state index in [0.717, 1.165) is 0 Å². The number of hydrogen-bond acceptors (Lipinski definition) is 7. The molecule has 0 spiro atoms. The number of nitrogens with one attached hydrogen (secondary N) is 1. The first kappa shape index (κ1) is 18.5. The molecule has 31 heavy (non-hydrogen) atoms. The molecule has 5 rings (SSSR count). The van der Waals surface area contributed by atoms with Crippen LogP contribution in [-0.2, 0) is 4.74 Å². The molecule has 0 unspecified atom stereocenters. The Morgan fingerprint density at radius 1 is 1.10 bits per heavy atom. The van der Waals surface area contributed by atoms with Crippen LogP contribution < -0.4 is 21.3 Å². The van der Waals surface area contributed by atoms with Crippen molar-refractivity contribution < 1.29 is 18.7 Å². The first-order chi connectivity index (χ1) is 15.1. The largest absolute Gasteiger partial charge is 0.465 e. The maximum Gasteiger partial charge on any atom is 0.340 e. The van der Waals surface area contributed by atoms with Crippen molar-refractivity contribution in [3.05, 3.63) is 72.5 Å². The molecule has 3 N–H and O–H groups in total. The van der Waals surface area contributed by atoms with Crippen molar-refractivity contribution >= 4 is 40.0 Å². The maximum atomic E-state index is 12.7. The van der Waals surface area contributed by atoms with Crippen LogP contribution >= 0.6 is 0 Å². The number of anilines is 3. The minimum atomic E-state index is -0.728. The summed E-state index contributed by atoms with van der Waals surface area (Å²) in [6, 6.07) is 17.1. The molecule has 2 amide bonds. The van der Waals surface area contributed by atoms with E-state index < -0.39 is 12.0 Å². The highest BCUT2D eigenvalue weighted by Crippen LogP contribution is 2.43. The number of esters is 1. The number of rotatable bonds is 3. The smallest absolute Gasteiger partial charge is 0.340 e. The van der Waals surface area contributed by atoms with Gasteiger partial charge in [0.15, 0.2) is 5.76 Å². The molecule has 9 heteroatoms. The normalized spacial score (nSPS) is 12.5. The van der Waals surface area contributed by atoms with E-state index in [1.54, 1.807) is 30.3 Å². The third kappa shape index (κ3) is 2.91. The summed E-state index contributed by atoms with van der Waals surface area (Å²) in [5, 5.41) is 3.23. The highest BCUT2D eigenvalue weighted by atomic mass is 16.5. The Kier molecular flexibility index (Phi) is 4.21. The minimum absolute atomic E-state index is 0.235. The number of primary amides is 1. The number of furan rings is 1. The molecule has 0 saturated carbocycles. The van der Waals surface area contributed by atoms with E-state index in [0.29, 0.717) is 39.4 Å². The number of benzene rings is 2. The number of amides is 2. The van der Waals surface area contributed by atoms with Gasteiger partial charge in [-0.25, -0.2) is 14.6 Å². The molecule has 0 fully saturated rings. The van der Waals surface area contributed by atoms with Crippen molar-refractivity contribution in [1.29, 1.82) is 0 Å². The Morgan fingerprint density at radius 3 is 2.58 bits per heavy atom. The van der Waals surface area contributed by atoms with Crippen molar-refractivity contribution in [3.8, 4) is 11.5 Å². The number of hydrazine groups is 2. The number of hydrogen-bond donors (Lipinski definition) is 2. The quantitative estimate of drug-likeness (QED) is 0.487. The van der Waals surface area contributed by atoms with Gasteiger partial charge in [0.05, 0.1) is 35.8 Å². The van der Waals surface area contributed by atoms with Crippen LogP contribution in [0, 0.1) is 0 Å². The number of aromatic nitrogens is 1. The highest BCUT2D eigenvalue weighted by Gasteiger charge is 2.35. The number of para-hydroxylation sites is 1. The Morgan fingerprint density at radius 2 is 1.90 bits per heavy atom. The van der Waals surface area contributed by atoms with Crippen LogP contribution in [-0.4, -0.2) is 24.1 Å². The molecule has 0 aliphatic carbocycles. The fraction of sp³-hybridized carbons (Fsp3) is 0.0455. The van der Waals surface area contributed by atoms with Crippen LogP contribution in [0.25, 0.3) is 22.4 Å². The van der Waals surface area contributed by atoms with Crippen molar-refractivity contribution in [3.63, 3.8) is 0 Å². The van der Waals surface area contributed by atoms with Crippen LogP contribution in [0.1, 0.15) is 10.4 Å². The zero-order valence-corrected chi connectivity index (χ0v) is 16.4. The fourth-order valence-corrected chi connectivity index (χ4v) is 3.66. The standard InChI is InChI=1S/C22H17N5O4/c1-30-21(28)14-12-17(18-8-5-11-31-18)24-15-9-10-16-20(19(14)15)26(22(23)29)27(25-16)13-6-3-2-4-7-13/h2-12,25H,1H3,(H2,23,29). The maximum absolute atomic E-state index is 12.7. The van der Waals surface area contributed by atoms with Gasteiger partial charge in [-0.1, -0.05) is 18.2 Å². The van der Waals surface area contributed by atoms with Crippen LogP contribution in [0.15, 0.2) is 71.3 Å². The molecular formula is C22H17N5O4. The predicted octanol–water partition coefficient (Wildman–Crippen LogP) is 3.93. The zero-order chi connectivity index (χ0) is 21.5. The average Bonchev–Trinajstić information content (AvgIpc) is 3.46. The number of ether oxygens (including phenoxy) is 1. The molecule has 1 aliphatic rings. The lowest BCUT2D eigenvalue weighted by Crippen LogP contribution is -2.48. The summed E-state index contributed by atoms with van der Waals surface area (Å²) in [4.78, 5) is 29.9. The topological polar surface area (TPSA) is 114 Å². The zero-order valence-electron chi connectivity index (χ0n) is 16.4. The molecule has 1 aliphatic heterocycles. The summed E-state index contributed by atoms with van der Waals surface area (Å²) in [5.74, 6) is -0.0699. The van der Waals surface area contributed by atoms with Gasteiger partial charge in [-0.2, -0.15) is 10.1 Å². The molecule has 0 bridgehead atoms. The van der Waals surface area contributed by atoms with Gasteiger partial charge in [-0.05, 0) is 42.5 Å². The SMILES string of the molecule is COC(=O)c1cc(-c2ccco2)nc2ccc3c(c12)N(C(N)=O)N(c1ccccc1)N3. The molecule has 2 aromatic carbocycles. The molecule has 9 nitrogen and oxygen atoms in total. The van der Waals surface area contributed by atoms with Crippen molar-refractivity contribution in [2.45, 2.75) is 0 Å².